The van der Waals surface area contributed by atoms with E-state index in [1.165, 1.54) is 0 Å². The molecule has 6 rings (SSSR count). The van der Waals surface area contributed by atoms with Gasteiger partial charge in [-0.15, -0.1) is 0 Å². The molecule has 5 heteroatoms. The SMILES string of the molecule is COc1ccc(CN2C(=O)C3(COc4cc5c(cc43)CCO5)c3ccccc32)cc1. The lowest BCUT2D eigenvalue weighted by atomic mass is 9.76. The molecular formula is C25H21NO4. The molecule has 0 aliphatic carbocycles. The number of ether oxygens (including phenoxy) is 3. The normalized spacial score (nSPS) is 20.6. The minimum absolute atomic E-state index is 0.0668. The van der Waals surface area contributed by atoms with Crippen molar-refractivity contribution in [3.63, 3.8) is 0 Å². The number of anilines is 1. The molecule has 1 spiro atoms. The Kier molecular flexibility index (Phi) is 3.63. The quantitative estimate of drug-likeness (QED) is 0.671. The van der Waals surface area contributed by atoms with Crippen LogP contribution in [0.3, 0.4) is 0 Å². The molecule has 3 aromatic rings. The van der Waals surface area contributed by atoms with Gasteiger partial charge in [-0.2, -0.15) is 0 Å². The monoisotopic (exact) mass is 399 g/mol. The fraction of sp³-hybridized carbons (Fsp3) is 0.240. The van der Waals surface area contributed by atoms with Crippen LogP contribution in [0.15, 0.2) is 60.7 Å². The molecule has 5 nitrogen and oxygen atoms in total. The van der Waals surface area contributed by atoms with Crippen molar-refractivity contribution < 1.29 is 19.0 Å². The van der Waals surface area contributed by atoms with Crippen molar-refractivity contribution in [2.45, 2.75) is 18.4 Å². The zero-order chi connectivity index (χ0) is 20.3. The largest absolute Gasteiger partial charge is 0.497 e. The third-order valence-electron chi connectivity index (χ3n) is 6.46. The Morgan fingerprint density at radius 3 is 2.67 bits per heavy atom. The van der Waals surface area contributed by atoms with Gasteiger partial charge in [0.15, 0.2) is 0 Å². The second kappa shape index (κ2) is 6.26. The molecule has 0 bridgehead atoms. The smallest absolute Gasteiger partial charge is 0.246 e. The second-order valence-electron chi connectivity index (χ2n) is 8.01. The standard InChI is InChI=1S/C25H21NO4/c1-28-18-8-6-16(7-9-18)14-26-21-5-3-2-4-19(21)25(24(26)27)15-30-23-13-22-17(10-11-29-22)12-20(23)25/h2-9,12-13H,10-11,14-15H2,1H3. The number of hydrogen-bond acceptors (Lipinski definition) is 4. The van der Waals surface area contributed by atoms with Crippen molar-refractivity contribution >= 4 is 11.6 Å². The summed E-state index contributed by atoms with van der Waals surface area (Å²) in [6.45, 7) is 1.50. The molecule has 150 valence electrons. The van der Waals surface area contributed by atoms with E-state index in [1.807, 2.05) is 53.4 Å². The van der Waals surface area contributed by atoms with Crippen molar-refractivity contribution in [1.82, 2.24) is 0 Å². The van der Waals surface area contributed by atoms with Gasteiger partial charge in [0.2, 0.25) is 5.91 Å². The van der Waals surface area contributed by atoms with Gasteiger partial charge >= 0.3 is 0 Å². The van der Waals surface area contributed by atoms with Crippen molar-refractivity contribution in [2.75, 3.05) is 25.2 Å². The van der Waals surface area contributed by atoms with Crippen LogP contribution >= 0.6 is 0 Å². The lowest BCUT2D eigenvalue weighted by molar-refractivity contribution is -0.122. The lowest BCUT2D eigenvalue weighted by Gasteiger charge is -2.23. The van der Waals surface area contributed by atoms with Crippen molar-refractivity contribution in [2.24, 2.45) is 0 Å². The third-order valence-corrected chi connectivity index (χ3v) is 6.46. The second-order valence-corrected chi connectivity index (χ2v) is 8.01. The van der Waals surface area contributed by atoms with Gasteiger partial charge in [0.05, 0.1) is 20.3 Å². The summed E-state index contributed by atoms with van der Waals surface area (Å²) in [6, 6.07) is 20.0. The molecule has 0 aromatic heterocycles. The van der Waals surface area contributed by atoms with Gasteiger partial charge in [-0.3, -0.25) is 4.79 Å². The molecule has 3 aliphatic rings. The molecule has 0 saturated heterocycles. The van der Waals surface area contributed by atoms with Crippen molar-refractivity contribution in [3.8, 4) is 17.2 Å². The Hall–Kier alpha value is -3.47. The molecule has 3 aliphatic heterocycles. The van der Waals surface area contributed by atoms with Crippen LogP contribution in [0.1, 0.15) is 22.3 Å². The van der Waals surface area contributed by atoms with Gasteiger partial charge in [0.1, 0.15) is 29.3 Å². The van der Waals surface area contributed by atoms with Gasteiger partial charge in [0, 0.05) is 23.7 Å². The molecule has 0 radical (unpaired) electrons. The number of amides is 1. The first kappa shape index (κ1) is 17.4. The molecule has 1 unspecified atom stereocenters. The molecule has 30 heavy (non-hydrogen) atoms. The zero-order valence-corrected chi connectivity index (χ0v) is 16.7. The maximum atomic E-state index is 14.0. The Bertz CT molecular complexity index is 1170. The highest BCUT2D eigenvalue weighted by molar-refractivity contribution is 6.11. The molecule has 1 amide bonds. The fourth-order valence-corrected chi connectivity index (χ4v) is 4.92. The number of fused-ring (bicyclic) bond motifs is 5. The summed E-state index contributed by atoms with van der Waals surface area (Å²) in [5, 5.41) is 0. The minimum atomic E-state index is -0.796. The van der Waals surface area contributed by atoms with Gasteiger partial charge in [-0.25, -0.2) is 0 Å². The van der Waals surface area contributed by atoms with E-state index in [0.717, 1.165) is 51.6 Å². The maximum Gasteiger partial charge on any atom is 0.246 e. The summed E-state index contributed by atoms with van der Waals surface area (Å²) in [7, 11) is 1.65. The van der Waals surface area contributed by atoms with Crippen LogP contribution < -0.4 is 19.1 Å². The Morgan fingerprint density at radius 2 is 1.83 bits per heavy atom. The van der Waals surface area contributed by atoms with Crippen LogP contribution in [0.2, 0.25) is 0 Å². The first-order chi connectivity index (χ1) is 14.7. The van der Waals surface area contributed by atoms with E-state index < -0.39 is 5.41 Å². The van der Waals surface area contributed by atoms with Crippen molar-refractivity contribution in [1.29, 1.82) is 0 Å². The lowest BCUT2D eigenvalue weighted by Crippen LogP contribution is -2.42. The number of carbonyl (C=O) groups is 1. The zero-order valence-electron chi connectivity index (χ0n) is 16.7. The maximum absolute atomic E-state index is 14.0. The highest BCUT2D eigenvalue weighted by Crippen LogP contribution is 2.54. The molecule has 1 atom stereocenters. The number of para-hydroxylation sites is 1. The average molecular weight is 399 g/mol. The highest BCUT2D eigenvalue weighted by Gasteiger charge is 2.57. The van der Waals surface area contributed by atoms with Crippen LogP contribution in [0.5, 0.6) is 17.2 Å². The number of methoxy groups -OCH3 is 1. The van der Waals surface area contributed by atoms with Crippen LogP contribution in [0.4, 0.5) is 5.69 Å². The number of rotatable bonds is 3. The topological polar surface area (TPSA) is 48.0 Å². The summed E-state index contributed by atoms with van der Waals surface area (Å²) in [4.78, 5) is 15.9. The summed E-state index contributed by atoms with van der Waals surface area (Å²) in [6.07, 6.45) is 0.865. The van der Waals surface area contributed by atoms with Crippen molar-refractivity contribution in [3.05, 3.63) is 82.9 Å². The third kappa shape index (κ3) is 2.26. The Labute approximate surface area is 174 Å². The van der Waals surface area contributed by atoms with E-state index in [0.29, 0.717) is 19.8 Å². The molecular weight excluding hydrogens is 378 g/mol. The summed E-state index contributed by atoms with van der Waals surface area (Å²) >= 11 is 0. The fourth-order valence-electron chi connectivity index (χ4n) is 4.92. The number of nitrogens with zero attached hydrogens (tertiary/aromatic N) is 1. The van der Waals surface area contributed by atoms with E-state index in [1.54, 1.807) is 7.11 Å². The first-order valence-corrected chi connectivity index (χ1v) is 10.2. The number of hydrogen-bond donors (Lipinski definition) is 0. The summed E-state index contributed by atoms with van der Waals surface area (Å²) < 4.78 is 17.0. The van der Waals surface area contributed by atoms with Crippen LogP contribution in [-0.4, -0.2) is 26.2 Å². The van der Waals surface area contributed by atoms with E-state index >= 15 is 0 Å². The predicted octanol–water partition coefficient (Wildman–Crippen LogP) is 3.86. The molecule has 0 saturated carbocycles. The molecule has 0 fully saturated rings. The van der Waals surface area contributed by atoms with E-state index in [9.17, 15) is 4.79 Å². The molecule has 3 aromatic carbocycles. The van der Waals surface area contributed by atoms with Crippen LogP contribution in [0, 0.1) is 0 Å². The highest BCUT2D eigenvalue weighted by atomic mass is 16.5. The van der Waals surface area contributed by atoms with Gasteiger partial charge in [-0.05, 0) is 41.0 Å². The number of carbonyl (C=O) groups excluding carboxylic acids is 1. The minimum Gasteiger partial charge on any atom is -0.497 e. The van der Waals surface area contributed by atoms with Gasteiger partial charge in [0.25, 0.3) is 0 Å². The molecule has 3 heterocycles. The average Bonchev–Trinajstić information content (AvgIpc) is 3.46. The van der Waals surface area contributed by atoms with Gasteiger partial charge in [-0.1, -0.05) is 30.3 Å². The van der Waals surface area contributed by atoms with E-state index in [2.05, 4.69) is 12.1 Å². The van der Waals surface area contributed by atoms with E-state index in [4.69, 9.17) is 14.2 Å². The summed E-state index contributed by atoms with van der Waals surface area (Å²) in [5.74, 6) is 2.50. The Morgan fingerprint density at radius 1 is 1.00 bits per heavy atom. The Balaban J connectivity index is 1.46. The predicted molar refractivity (Wildman–Crippen MR) is 113 cm³/mol. The summed E-state index contributed by atoms with van der Waals surface area (Å²) in [5.41, 5.74) is 4.33. The van der Waals surface area contributed by atoms with Crippen LogP contribution in [-0.2, 0) is 23.2 Å². The van der Waals surface area contributed by atoms with E-state index in [-0.39, 0.29) is 5.91 Å². The van der Waals surface area contributed by atoms with Crippen LogP contribution in [0.25, 0.3) is 0 Å². The first-order valence-electron chi connectivity index (χ1n) is 10.2. The van der Waals surface area contributed by atoms with Gasteiger partial charge < -0.3 is 19.1 Å². The molecule has 0 N–H and O–H groups in total. The number of benzene rings is 3.